The van der Waals surface area contributed by atoms with Crippen LogP contribution in [0.4, 0.5) is 0 Å². The van der Waals surface area contributed by atoms with Gasteiger partial charge in [-0.15, -0.1) is 0 Å². The predicted octanol–water partition coefficient (Wildman–Crippen LogP) is 1.39. The van der Waals surface area contributed by atoms with Crippen molar-refractivity contribution < 1.29 is 19.2 Å². The van der Waals surface area contributed by atoms with E-state index < -0.39 is 12.1 Å². The summed E-state index contributed by atoms with van der Waals surface area (Å²) in [7, 11) is 0. The number of carbonyl (C=O) groups excluding carboxylic acids is 4. The molecule has 7 nitrogen and oxygen atoms in total. The molecule has 2 N–H and O–H groups in total. The quantitative estimate of drug-likeness (QED) is 0.512. The van der Waals surface area contributed by atoms with Crippen LogP contribution in [-0.2, 0) is 19.2 Å². The molecule has 1 saturated carbocycles. The van der Waals surface area contributed by atoms with Crippen LogP contribution in [0.5, 0.6) is 0 Å². The minimum atomic E-state index is -0.737. The van der Waals surface area contributed by atoms with Gasteiger partial charge in [-0.25, -0.2) is 0 Å². The molecule has 0 radical (unpaired) electrons. The van der Waals surface area contributed by atoms with Gasteiger partial charge in [0, 0.05) is 25.1 Å². The van der Waals surface area contributed by atoms with Gasteiger partial charge < -0.3 is 20.3 Å². The lowest BCUT2D eigenvalue weighted by Crippen LogP contribution is -2.52. The molecule has 3 aliphatic rings. The highest BCUT2D eigenvalue weighted by atomic mass is 16.2. The maximum absolute atomic E-state index is 13.2. The highest BCUT2D eigenvalue weighted by molar-refractivity contribution is 5.97. The molecular weight excluding hydrogens is 394 g/mol. The molecule has 3 fully saturated rings. The van der Waals surface area contributed by atoms with Crippen molar-refractivity contribution in [3.8, 4) is 0 Å². The third kappa shape index (κ3) is 4.13. The molecule has 2 heterocycles. The van der Waals surface area contributed by atoms with Crippen molar-refractivity contribution >= 4 is 30.1 Å². The summed E-state index contributed by atoms with van der Waals surface area (Å²) in [5.41, 5.74) is 0.904. The Morgan fingerprint density at radius 3 is 2.68 bits per heavy atom. The third-order valence-corrected chi connectivity index (χ3v) is 7.17. The number of fused-ring (bicyclic) bond motifs is 1. The van der Waals surface area contributed by atoms with Gasteiger partial charge in [-0.3, -0.25) is 14.4 Å². The van der Waals surface area contributed by atoms with E-state index >= 15 is 0 Å². The molecule has 4 rings (SSSR count). The Morgan fingerprint density at radius 1 is 1.29 bits per heavy atom. The number of carbonyl (C=O) groups is 4. The zero-order valence-corrected chi connectivity index (χ0v) is 17.9. The van der Waals surface area contributed by atoms with Gasteiger partial charge in [0.15, 0.2) is 0 Å². The van der Waals surface area contributed by atoms with Gasteiger partial charge in [0.25, 0.3) is 0 Å². The average Bonchev–Trinajstić information content (AvgIpc) is 3.13. The van der Waals surface area contributed by atoms with Crippen molar-refractivity contribution in [3.63, 3.8) is 0 Å². The maximum Gasteiger partial charge on any atom is 0.247 e. The molecule has 7 heteroatoms. The predicted molar refractivity (Wildman–Crippen MR) is 115 cm³/mol. The molecule has 5 atom stereocenters. The maximum atomic E-state index is 13.2. The van der Waals surface area contributed by atoms with E-state index in [4.69, 9.17) is 0 Å². The van der Waals surface area contributed by atoms with E-state index in [0.29, 0.717) is 25.8 Å². The van der Waals surface area contributed by atoms with Crippen LogP contribution >= 0.6 is 0 Å². The topological polar surface area (TPSA) is 95.6 Å². The Balaban J connectivity index is 1.45. The van der Waals surface area contributed by atoms with Crippen molar-refractivity contribution in [2.24, 2.45) is 23.2 Å². The molecule has 0 aromatic heterocycles. The molecule has 1 aromatic rings. The van der Waals surface area contributed by atoms with E-state index in [-0.39, 0.29) is 47.3 Å². The van der Waals surface area contributed by atoms with Gasteiger partial charge in [-0.2, -0.15) is 0 Å². The molecular formula is C24H29N3O4. The summed E-state index contributed by atoms with van der Waals surface area (Å²) in [6.45, 7) is 5.36. The highest BCUT2D eigenvalue weighted by Crippen LogP contribution is 2.64. The van der Waals surface area contributed by atoms with Crippen LogP contribution in [0.1, 0.15) is 32.3 Å². The molecule has 1 aliphatic carbocycles. The first-order valence-electron chi connectivity index (χ1n) is 10.9. The van der Waals surface area contributed by atoms with Gasteiger partial charge in [0.2, 0.25) is 17.7 Å². The average molecular weight is 424 g/mol. The first-order chi connectivity index (χ1) is 14.8. The van der Waals surface area contributed by atoms with E-state index in [0.717, 1.165) is 5.56 Å². The van der Waals surface area contributed by atoms with Crippen LogP contribution in [0.25, 0.3) is 6.08 Å². The summed E-state index contributed by atoms with van der Waals surface area (Å²) in [5, 5.41) is 5.56. The Kier molecular flexibility index (Phi) is 5.69. The lowest BCUT2D eigenvalue weighted by atomic mass is 9.97. The minimum Gasteiger partial charge on any atom is -0.356 e. The van der Waals surface area contributed by atoms with E-state index in [1.807, 2.05) is 30.3 Å². The summed E-state index contributed by atoms with van der Waals surface area (Å²) in [6.07, 6.45) is 4.89. The Morgan fingerprint density at radius 2 is 2.03 bits per heavy atom. The molecule has 2 saturated heterocycles. The summed E-state index contributed by atoms with van der Waals surface area (Å²) in [6, 6.07) is 8.19. The SMILES string of the molecule is CC1(C)[C@@H]2[C@@H](C(=O)N[C@H](C=O)C[C@@H]3CCNC3=O)N(C(=O)/C=C/c3ccccc3)C[C@@H]21. The number of hydrogen-bond donors (Lipinski definition) is 2. The Labute approximate surface area is 182 Å². The van der Waals surface area contributed by atoms with Crippen LogP contribution in [0.3, 0.4) is 0 Å². The summed E-state index contributed by atoms with van der Waals surface area (Å²) >= 11 is 0. The summed E-state index contributed by atoms with van der Waals surface area (Å²) < 4.78 is 0. The summed E-state index contributed by atoms with van der Waals surface area (Å²) in [5.74, 6) is -0.514. The number of nitrogens with zero attached hydrogens (tertiary/aromatic N) is 1. The number of likely N-dealkylation sites (tertiary alicyclic amines) is 1. The lowest BCUT2D eigenvalue weighted by Gasteiger charge is -2.30. The minimum absolute atomic E-state index is 0.00998. The van der Waals surface area contributed by atoms with E-state index in [1.165, 1.54) is 6.08 Å². The molecule has 3 amide bonds. The molecule has 0 unspecified atom stereocenters. The van der Waals surface area contributed by atoms with E-state index in [9.17, 15) is 19.2 Å². The first kappa shape index (κ1) is 21.3. The summed E-state index contributed by atoms with van der Waals surface area (Å²) in [4.78, 5) is 51.2. The van der Waals surface area contributed by atoms with Gasteiger partial charge in [-0.05, 0) is 41.7 Å². The van der Waals surface area contributed by atoms with Crippen molar-refractivity contribution in [3.05, 3.63) is 42.0 Å². The zero-order valence-electron chi connectivity index (χ0n) is 17.9. The van der Waals surface area contributed by atoms with Crippen LogP contribution in [0.15, 0.2) is 36.4 Å². The lowest BCUT2D eigenvalue weighted by molar-refractivity contribution is -0.137. The Hall–Kier alpha value is -2.96. The van der Waals surface area contributed by atoms with Crippen molar-refractivity contribution in [1.29, 1.82) is 0 Å². The standard InChI is InChI=1S/C24H29N3O4/c1-24(2)18-13-27(19(29)9-8-15-6-4-3-5-7-15)21(20(18)24)23(31)26-17(14-28)12-16-10-11-25-22(16)30/h3-9,14,16-18,20-21H,10-13H2,1-2H3,(H,25,30)(H,26,31)/b9-8+/t16-,17-,18-,20-,21-/m0/s1. The van der Waals surface area contributed by atoms with Crippen LogP contribution in [-0.4, -0.2) is 54.1 Å². The smallest absolute Gasteiger partial charge is 0.247 e. The normalized spacial score (nSPS) is 29.4. The molecule has 0 spiro atoms. The third-order valence-electron chi connectivity index (χ3n) is 7.17. The monoisotopic (exact) mass is 423 g/mol. The molecule has 2 aliphatic heterocycles. The molecule has 1 aromatic carbocycles. The molecule has 31 heavy (non-hydrogen) atoms. The zero-order chi connectivity index (χ0) is 22.2. The first-order valence-corrected chi connectivity index (χ1v) is 10.9. The number of amides is 3. The van der Waals surface area contributed by atoms with Crippen LogP contribution < -0.4 is 10.6 Å². The van der Waals surface area contributed by atoms with Gasteiger partial charge in [-0.1, -0.05) is 44.2 Å². The highest BCUT2D eigenvalue weighted by Gasteiger charge is 2.69. The molecule has 164 valence electrons. The Bertz CT molecular complexity index is 911. The number of rotatable bonds is 7. The number of piperidine rings is 1. The number of hydrogen-bond acceptors (Lipinski definition) is 4. The number of benzene rings is 1. The molecule has 0 bridgehead atoms. The van der Waals surface area contributed by atoms with Crippen LogP contribution in [0, 0.1) is 23.2 Å². The van der Waals surface area contributed by atoms with Gasteiger partial charge in [0.1, 0.15) is 12.3 Å². The second-order valence-electron chi connectivity index (χ2n) is 9.40. The van der Waals surface area contributed by atoms with E-state index in [2.05, 4.69) is 24.5 Å². The van der Waals surface area contributed by atoms with Crippen molar-refractivity contribution in [2.45, 2.75) is 38.8 Å². The fourth-order valence-corrected chi connectivity index (χ4v) is 5.23. The second-order valence-corrected chi connectivity index (χ2v) is 9.40. The van der Waals surface area contributed by atoms with Crippen molar-refractivity contribution in [2.75, 3.05) is 13.1 Å². The number of aldehydes is 1. The fraction of sp³-hybridized carbons (Fsp3) is 0.500. The van der Waals surface area contributed by atoms with Gasteiger partial charge >= 0.3 is 0 Å². The largest absolute Gasteiger partial charge is 0.356 e. The van der Waals surface area contributed by atoms with E-state index in [1.54, 1.807) is 11.0 Å². The van der Waals surface area contributed by atoms with Crippen molar-refractivity contribution in [1.82, 2.24) is 15.5 Å². The van der Waals surface area contributed by atoms with Crippen LogP contribution in [0.2, 0.25) is 0 Å². The fourth-order valence-electron chi connectivity index (χ4n) is 5.23. The number of nitrogens with one attached hydrogen (secondary N) is 2. The van der Waals surface area contributed by atoms with Gasteiger partial charge in [0.05, 0.1) is 6.04 Å². The second kappa shape index (κ2) is 8.29.